The molecule has 0 radical (unpaired) electrons. The minimum absolute atomic E-state index is 0.151. The standard InChI is InChI=1S/C31H34N6O3S/c1-4-41(39)37-13-12-22-8-9-23(14-29(22)37)31(38)33-17-25-15-28-24(16-32-25)10-11-27(34-28)26-6-5-7-30(35-26)36-18-20(2)40-21(3)19-36/h5-11,14-16,20-21H,4,12-13,17-19H2,1-3H3,(H,33,38). The number of fused-ring (bicyclic) bond motifs is 2. The predicted octanol–water partition coefficient (Wildman–Crippen LogP) is 4.28. The number of nitrogens with one attached hydrogen (secondary N) is 1. The number of hydrogen-bond acceptors (Lipinski definition) is 7. The number of amides is 1. The molecule has 3 aromatic heterocycles. The highest BCUT2D eigenvalue weighted by Gasteiger charge is 2.25. The quantitative estimate of drug-likeness (QED) is 0.354. The van der Waals surface area contributed by atoms with Gasteiger partial charge in [0.05, 0.1) is 47.0 Å². The minimum atomic E-state index is -1.08. The lowest BCUT2D eigenvalue weighted by molar-refractivity contribution is -0.00545. The summed E-state index contributed by atoms with van der Waals surface area (Å²) in [6.45, 7) is 8.65. The molecule has 1 saturated heterocycles. The summed E-state index contributed by atoms with van der Waals surface area (Å²) in [7, 11) is -1.08. The lowest BCUT2D eigenvalue weighted by atomic mass is 10.1. The first-order chi connectivity index (χ1) is 19.9. The SMILES string of the molecule is CCS(=O)N1CCc2ccc(C(=O)NCc3cc4nc(-c5cccc(N6CC(C)OC(C)C6)n5)ccc4cn3)cc21. The summed E-state index contributed by atoms with van der Waals surface area (Å²) in [5.74, 6) is 1.27. The Morgan fingerprint density at radius 3 is 2.66 bits per heavy atom. The van der Waals surface area contributed by atoms with E-state index in [-0.39, 0.29) is 24.7 Å². The van der Waals surface area contributed by atoms with Crippen LogP contribution in [0, 0.1) is 0 Å². The molecular formula is C31H34N6O3S. The topological polar surface area (TPSA) is 101 Å². The summed E-state index contributed by atoms with van der Waals surface area (Å²) < 4.78 is 20.2. The summed E-state index contributed by atoms with van der Waals surface area (Å²) >= 11 is 0. The Kier molecular flexibility index (Phi) is 7.68. The maximum Gasteiger partial charge on any atom is 0.251 e. The van der Waals surface area contributed by atoms with Crippen LogP contribution in [0.1, 0.15) is 42.4 Å². The van der Waals surface area contributed by atoms with E-state index < -0.39 is 11.0 Å². The summed E-state index contributed by atoms with van der Waals surface area (Å²) in [6, 6.07) is 17.5. The number of nitrogens with zero attached hydrogens (tertiary/aromatic N) is 5. The molecule has 5 heterocycles. The van der Waals surface area contributed by atoms with Crippen LogP contribution >= 0.6 is 0 Å². The molecule has 9 nitrogen and oxygen atoms in total. The number of carbonyl (C=O) groups excluding carboxylic acids is 1. The number of benzene rings is 1. The fraction of sp³-hybridized carbons (Fsp3) is 0.355. The molecule has 1 aromatic carbocycles. The zero-order chi connectivity index (χ0) is 28.5. The number of pyridine rings is 3. The van der Waals surface area contributed by atoms with Crippen molar-refractivity contribution < 1.29 is 13.7 Å². The molecule has 41 heavy (non-hydrogen) atoms. The Labute approximate surface area is 242 Å². The van der Waals surface area contributed by atoms with E-state index >= 15 is 0 Å². The molecule has 3 atom stereocenters. The first kappa shape index (κ1) is 27.3. The average molecular weight is 571 g/mol. The van der Waals surface area contributed by atoms with Gasteiger partial charge in [0.2, 0.25) is 0 Å². The van der Waals surface area contributed by atoms with Gasteiger partial charge in [0, 0.05) is 42.5 Å². The van der Waals surface area contributed by atoms with Crippen molar-refractivity contribution in [1.82, 2.24) is 20.3 Å². The van der Waals surface area contributed by atoms with Gasteiger partial charge in [-0.1, -0.05) is 19.1 Å². The van der Waals surface area contributed by atoms with E-state index in [0.29, 0.717) is 23.6 Å². The van der Waals surface area contributed by atoms with Gasteiger partial charge in [0.15, 0.2) is 0 Å². The Morgan fingerprint density at radius 1 is 1.05 bits per heavy atom. The third kappa shape index (κ3) is 5.80. The summed E-state index contributed by atoms with van der Waals surface area (Å²) in [5.41, 5.74) is 5.63. The second kappa shape index (κ2) is 11.5. The molecule has 1 amide bonds. The van der Waals surface area contributed by atoms with Crippen molar-refractivity contribution in [2.24, 2.45) is 0 Å². The molecule has 2 aliphatic heterocycles. The second-order valence-electron chi connectivity index (χ2n) is 10.6. The fourth-order valence-electron chi connectivity index (χ4n) is 5.54. The molecule has 212 valence electrons. The molecule has 0 bridgehead atoms. The first-order valence-electron chi connectivity index (χ1n) is 14.1. The van der Waals surface area contributed by atoms with Crippen LogP contribution in [0.3, 0.4) is 0 Å². The smallest absolute Gasteiger partial charge is 0.251 e. The van der Waals surface area contributed by atoms with Crippen molar-refractivity contribution >= 4 is 39.3 Å². The Morgan fingerprint density at radius 2 is 1.85 bits per heavy atom. The van der Waals surface area contributed by atoms with E-state index in [1.54, 1.807) is 6.20 Å². The van der Waals surface area contributed by atoms with Gasteiger partial charge in [-0.2, -0.15) is 0 Å². The van der Waals surface area contributed by atoms with Gasteiger partial charge in [0.25, 0.3) is 5.91 Å². The van der Waals surface area contributed by atoms with Gasteiger partial charge < -0.3 is 15.0 Å². The third-order valence-corrected chi connectivity index (χ3v) is 8.86. The van der Waals surface area contributed by atoms with Crippen molar-refractivity contribution in [2.75, 3.05) is 34.6 Å². The minimum Gasteiger partial charge on any atom is -0.372 e. The number of carbonyl (C=O) groups is 1. The monoisotopic (exact) mass is 570 g/mol. The van der Waals surface area contributed by atoms with Crippen LogP contribution in [0.25, 0.3) is 22.3 Å². The molecule has 1 fully saturated rings. The number of aromatic nitrogens is 3. The number of hydrogen-bond donors (Lipinski definition) is 1. The molecule has 0 saturated carbocycles. The molecule has 4 aromatic rings. The van der Waals surface area contributed by atoms with E-state index in [1.165, 1.54) is 0 Å². The van der Waals surface area contributed by atoms with E-state index in [9.17, 15) is 9.00 Å². The number of rotatable bonds is 7. The van der Waals surface area contributed by atoms with Crippen molar-refractivity contribution in [3.8, 4) is 11.4 Å². The van der Waals surface area contributed by atoms with Crippen LogP contribution in [0.15, 0.2) is 60.8 Å². The Bertz CT molecular complexity index is 1620. The Balaban J connectivity index is 1.18. The molecule has 0 aliphatic carbocycles. The van der Waals surface area contributed by atoms with Gasteiger partial charge in [-0.25, -0.2) is 14.2 Å². The Hall–Kier alpha value is -3.89. The van der Waals surface area contributed by atoms with Crippen LogP contribution in [0.2, 0.25) is 0 Å². The summed E-state index contributed by atoms with van der Waals surface area (Å²) in [6.07, 6.45) is 2.92. The van der Waals surface area contributed by atoms with E-state index in [1.807, 2.05) is 65.8 Å². The van der Waals surface area contributed by atoms with Gasteiger partial charge >= 0.3 is 0 Å². The highest BCUT2D eigenvalue weighted by molar-refractivity contribution is 7.86. The summed E-state index contributed by atoms with van der Waals surface area (Å²) in [4.78, 5) is 29.6. The maximum atomic E-state index is 13.0. The summed E-state index contributed by atoms with van der Waals surface area (Å²) in [5, 5.41) is 3.89. The molecule has 6 rings (SSSR count). The molecule has 0 spiro atoms. The highest BCUT2D eigenvalue weighted by Crippen LogP contribution is 2.30. The first-order valence-corrected chi connectivity index (χ1v) is 15.4. The van der Waals surface area contributed by atoms with E-state index in [0.717, 1.165) is 58.9 Å². The number of ether oxygens (including phenoxy) is 1. The third-order valence-electron chi connectivity index (χ3n) is 7.49. The van der Waals surface area contributed by atoms with Crippen molar-refractivity contribution in [2.45, 2.75) is 45.9 Å². The average Bonchev–Trinajstić information content (AvgIpc) is 3.42. The molecular weight excluding hydrogens is 536 g/mol. The van der Waals surface area contributed by atoms with E-state index in [2.05, 4.69) is 29.0 Å². The van der Waals surface area contributed by atoms with Crippen molar-refractivity contribution in [3.05, 3.63) is 77.6 Å². The van der Waals surface area contributed by atoms with Crippen LogP contribution in [-0.2, 0) is 28.7 Å². The van der Waals surface area contributed by atoms with Crippen molar-refractivity contribution in [1.29, 1.82) is 0 Å². The largest absolute Gasteiger partial charge is 0.372 e. The lowest BCUT2D eigenvalue weighted by Crippen LogP contribution is -2.45. The number of morpholine rings is 1. The molecule has 3 unspecified atom stereocenters. The molecule has 1 N–H and O–H groups in total. The van der Waals surface area contributed by atoms with Gasteiger partial charge in [-0.3, -0.25) is 14.1 Å². The van der Waals surface area contributed by atoms with Crippen LogP contribution < -0.4 is 14.5 Å². The lowest BCUT2D eigenvalue weighted by Gasteiger charge is -2.36. The number of anilines is 2. The zero-order valence-electron chi connectivity index (χ0n) is 23.5. The van der Waals surface area contributed by atoms with Crippen molar-refractivity contribution in [3.63, 3.8) is 0 Å². The van der Waals surface area contributed by atoms with Gasteiger partial charge in [-0.15, -0.1) is 0 Å². The highest BCUT2D eigenvalue weighted by atomic mass is 32.2. The normalized spacial score (nSPS) is 19.3. The fourth-order valence-corrected chi connectivity index (χ4v) is 6.53. The second-order valence-corrected chi connectivity index (χ2v) is 12.3. The van der Waals surface area contributed by atoms with Gasteiger partial charge in [0.1, 0.15) is 16.8 Å². The van der Waals surface area contributed by atoms with Gasteiger partial charge in [-0.05, 0) is 68.3 Å². The molecule has 10 heteroatoms. The van der Waals surface area contributed by atoms with Crippen LogP contribution in [0.5, 0.6) is 0 Å². The zero-order valence-corrected chi connectivity index (χ0v) is 24.4. The van der Waals surface area contributed by atoms with E-state index in [4.69, 9.17) is 14.7 Å². The maximum absolute atomic E-state index is 13.0. The van der Waals surface area contributed by atoms with Crippen LogP contribution in [-0.4, -0.2) is 62.7 Å². The predicted molar refractivity (Wildman–Crippen MR) is 162 cm³/mol. The molecule has 2 aliphatic rings. The van der Waals surface area contributed by atoms with Crippen LogP contribution in [0.4, 0.5) is 11.5 Å².